The van der Waals surface area contributed by atoms with Crippen LogP contribution in [-0.4, -0.2) is 41.0 Å². The molecule has 1 aromatic heterocycles. The summed E-state index contributed by atoms with van der Waals surface area (Å²) in [5.41, 5.74) is 6.05. The van der Waals surface area contributed by atoms with E-state index in [9.17, 15) is 22.4 Å². The Morgan fingerprint density at radius 3 is 2.38 bits per heavy atom. The second kappa shape index (κ2) is 10.4. The number of rotatable bonds is 5. The minimum Gasteiger partial charge on any atom is -0.482 e. The van der Waals surface area contributed by atoms with Crippen LogP contribution in [-0.2, 0) is 6.18 Å². The van der Waals surface area contributed by atoms with Crippen molar-refractivity contribution in [3.8, 4) is 16.9 Å². The number of halogens is 4. The molecule has 3 atom stereocenters. The average molecular weight is 517 g/mol. The largest absolute Gasteiger partial charge is 0.482 e. The van der Waals surface area contributed by atoms with E-state index >= 15 is 0 Å². The molecule has 1 aliphatic heterocycles. The van der Waals surface area contributed by atoms with Crippen molar-refractivity contribution < 1.29 is 27.1 Å². The van der Waals surface area contributed by atoms with Gasteiger partial charge in [-0.1, -0.05) is 24.3 Å². The summed E-state index contributed by atoms with van der Waals surface area (Å²) in [5.74, 6) is -1.39. The molecule has 3 N–H and O–H groups in total. The van der Waals surface area contributed by atoms with Crippen molar-refractivity contribution in [2.24, 2.45) is 0 Å². The van der Waals surface area contributed by atoms with Crippen LogP contribution in [0.1, 0.15) is 48.4 Å². The Balaban J connectivity index is 1.55. The Labute approximate surface area is 212 Å². The van der Waals surface area contributed by atoms with E-state index < -0.39 is 23.7 Å². The summed E-state index contributed by atoms with van der Waals surface area (Å²) in [6, 6.07) is 12.0. The van der Waals surface area contributed by atoms with Gasteiger partial charge in [0.05, 0.1) is 5.56 Å². The number of carbonyl (C=O) groups excluding carboxylic acids is 1. The van der Waals surface area contributed by atoms with Crippen molar-refractivity contribution in [2.75, 3.05) is 18.8 Å². The first-order chi connectivity index (χ1) is 17.4. The molecule has 1 amide bonds. The zero-order valence-corrected chi connectivity index (χ0v) is 20.6. The fourth-order valence-corrected chi connectivity index (χ4v) is 4.62. The molecule has 10 heteroatoms. The van der Waals surface area contributed by atoms with Gasteiger partial charge in [0.2, 0.25) is 0 Å². The zero-order valence-electron chi connectivity index (χ0n) is 20.6. The Morgan fingerprint density at radius 2 is 1.76 bits per heavy atom. The lowest BCUT2D eigenvalue weighted by Crippen LogP contribution is -2.55. The van der Waals surface area contributed by atoms with E-state index in [4.69, 9.17) is 10.5 Å². The molecule has 0 saturated carbocycles. The fourth-order valence-electron chi connectivity index (χ4n) is 4.62. The fraction of sp³-hybridized carbons (Fsp3) is 0.333. The summed E-state index contributed by atoms with van der Waals surface area (Å²) in [6.45, 7) is 6.69. The zero-order chi connectivity index (χ0) is 26.9. The van der Waals surface area contributed by atoms with Gasteiger partial charge in [-0.3, -0.25) is 4.79 Å². The highest BCUT2D eigenvalue weighted by Gasteiger charge is 2.38. The molecule has 196 valence electrons. The number of hydrogen-bond donors (Lipinski definition) is 2. The number of benzene rings is 2. The normalized spacial score (nSPS) is 18.9. The van der Waals surface area contributed by atoms with Crippen LogP contribution < -0.4 is 15.8 Å². The van der Waals surface area contributed by atoms with Crippen LogP contribution in [0.4, 0.5) is 23.4 Å². The molecule has 4 rings (SSSR count). The van der Waals surface area contributed by atoms with Crippen LogP contribution in [0.2, 0.25) is 0 Å². The lowest BCUT2D eigenvalue weighted by Gasteiger charge is -2.36. The predicted octanol–water partition coefficient (Wildman–Crippen LogP) is 5.45. The van der Waals surface area contributed by atoms with Crippen molar-refractivity contribution in [1.29, 1.82) is 0 Å². The van der Waals surface area contributed by atoms with Gasteiger partial charge in [-0.2, -0.15) is 13.2 Å². The van der Waals surface area contributed by atoms with Crippen LogP contribution in [0, 0.1) is 5.82 Å². The number of alkyl halides is 3. The summed E-state index contributed by atoms with van der Waals surface area (Å²) >= 11 is 0. The van der Waals surface area contributed by atoms with Crippen LogP contribution >= 0.6 is 0 Å². The van der Waals surface area contributed by atoms with E-state index in [1.807, 2.05) is 18.7 Å². The Kier molecular flexibility index (Phi) is 7.40. The third kappa shape index (κ3) is 5.85. The van der Waals surface area contributed by atoms with E-state index in [-0.39, 0.29) is 35.1 Å². The van der Waals surface area contributed by atoms with Crippen molar-refractivity contribution in [1.82, 2.24) is 15.2 Å². The number of nitrogen functional groups attached to an aromatic ring is 1. The van der Waals surface area contributed by atoms with Gasteiger partial charge >= 0.3 is 6.18 Å². The number of ether oxygens (including phenoxy) is 1. The van der Waals surface area contributed by atoms with E-state index in [2.05, 4.69) is 10.3 Å². The number of nitrogens with zero attached hydrogens (tertiary/aromatic N) is 2. The minimum atomic E-state index is -4.89. The van der Waals surface area contributed by atoms with E-state index in [1.165, 1.54) is 25.3 Å². The highest BCUT2D eigenvalue weighted by molar-refractivity contribution is 5.95. The number of hydrogen-bond acceptors (Lipinski definition) is 5. The molecule has 0 radical (unpaired) electrons. The maximum absolute atomic E-state index is 14.0. The first-order valence-electron chi connectivity index (χ1n) is 11.9. The number of carbonyl (C=O) groups is 1. The molecular weight excluding hydrogens is 488 g/mol. The topological polar surface area (TPSA) is 80.5 Å². The maximum Gasteiger partial charge on any atom is 0.419 e. The van der Waals surface area contributed by atoms with Crippen LogP contribution in [0.3, 0.4) is 0 Å². The number of pyridine rings is 1. The van der Waals surface area contributed by atoms with Crippen molar-refractivity contribution >= 4 is 11.7 Å². The molecule has 0 spiro atoms. The summed E-state index contributed by atoms with van der Waals surface area (Å²) < 4.78 is 60.1. The molecule has 37 heavy (non-hydrogen) atoms. The third-order valence-corrected chi connectivity index (χ3v) is 6.26. The minimum absolute atomic E-state index is 0.0192. The van der Waals surface area contributed by atoms with Crippen LogP contribution in [0.15, 0.2) is 54.7 Å². The summed E-state index contributed by atoms with van der Waals surface area (Å²) in [6.07, 6.45) is -4.54. The summed E-state index contributed by atoms with van der Waals surface area (Å²) in [4.78, 5) is 18.9. The van der Waals surface area contributed by atoms with Crippen molar-refractivity contribution in [3.63, 3.8) is 0 Å². The van der Waals surface area contributed by atoms with Crippen molar-refractivity contribution in [2.45, 2.75) is 45.1 Å². The summed E-state index contributed by atoms with van der Waals surface area (Å²) in [7, 11) is 0. The van der Waals surface area contributed by atoms with Gasteiger partial charge < -0.3 is 20.7 Å². The molecule has 1 aliphatic rings. The highest BCUT2D eigenvalue weighted by atomic mass is 19.4. The van der Waals surface area contributed by atoms with Crippen LogP contribution in [0.5, 0.6) is 5.75 Å². The molecule has 1 fully saturated rings. The first kappa shape index (κ1) is 26.4. The van der Waals surface area contributed by atoms with Gasteiger partial charge in [0.1, 0.15) is 11.9 Å². The second-order valence-corrected chi connectivity index (χ2v) is 9.33. The average Bonchev–Trinajstić information content (AvgIpc) is 2.83. The lowest BCUT2D eigenvalue weighted by molar-refractivity contribution is -0.141. The molecule has 6 nitrogen and oxygen atoms in total. The Morgan fingerprint density at radius 1 is 1.11 bits per heavy atom. The molecule has 3 unspecified atom stereocenters. The summed E-state index contributed by atoms with van der Waals surface area (Å²) in [5, 5.41) is 3.40. The third-order valence-electron chi connectivity index (χ3n) is 6.26. The van der Waals surface area contributed by atoms with Gasteiger partial charge in [-0.25, -0.2) is 9.37 Å². The molecule has 0 aliphatic carbocycles. The molecular formula is C27H28F4N4O2. The number of anilines is 1. The quantitative estimate of drug-likeness (QED) is 0.441. The van der Waals surface area contributed by atoms with Gasteiger partial charge in [0, 0.05) is 48.1 Å². The molecule has 1 saturated heterocycles. The Bertz CT molecular complexity index is 1270. The highest BCUT2D eigenvalue weighted by Crippen LogP contribution is 2.38. The number of nitrogens with two attached hydrogens (primary N) is 1. The van der Waals surface area contributed by atoms with E-state index in [1.54, 1.807) is 30.3 Å². The van der Waals surface area contributed by atoms with Crippen LogP contribution in [0.25, 0.3) is 11.1 Å². The van der Waals surface area contributed by atoms with Crippen molar-refractivity contribution in [3.05, 3.63) is 77.2 Å². The number of amides is 1. The molecule has 2 heterocycles. The second-order valence-electron chi connectivity index (χ2n) is 9.33. The maximum atomic E-state index is 14.0. The van der Waals surface area contributed by atoms with E-state index in [0.717, 1.165) is 6.07 Å². The lowest BCUT2D eigenvalue weighted by atomic mass is 10.0. The monoisotopic (exact) mass is 516 g/mol. The first-order valence-corrected chi connectivity index (χ1v) is 11.9. The van der Waals surface area contributed by atoms with E-state index in [0.29, 0.717) is 29.8 Å². The SMILES string of the molecule is CC1CN(C(=O)c2ccc(-c3cnc(N)c(OC(C)c4cccc(F)c4C(F)(F)F)c3)cc2)CC(C)N1. The number of nitrogens with one attached hydrogen (secondary N) is 1. The van der Waals surface area contributed by atoms with Gasteiger partial charge in [-0.05, 0) is 50.6 Å². The van der Waals surface area contributed by atoms with Gasteiger partial charge in [0.25, 0.3) is 5.91 Å². The van der Waals surface area contributed by atoms with Gasteiger partial charge in [0.15, 0.2) is 11.6 Å². The van der Waals surface area contributed by atoms with Gasteiger partial charge in [-0.15, -0.1) is 0 Å². The Hall–Kier alpha value is -3.66. The predicted molar refractivity (Wildman–Crippen MR) is 132 cm³/mol. The molecule has 0 bridgehead atoms. The smallest absolute Gasteiger partial charge is 0.419 e. The number of aromatic nitrogens is 1. The molecule has 3 aromatic rings. The number of piperazine rings is 1. The molecule has 2 aromatic carbocycles. The standard InChI is InChI=1S/C27H28F4N4O2/c1-15-13-35(14-16(2)34-15)26(36)19-9-7-18(8-10-19)20-11-23(25(32)33-12-20)37-17(3)21-5-4-6-22(28)24(21)27(29,30)31/h4-12,15-17,34H,13-14H2,1-3H3,(H2,32,33).